The van der Waals surface area contributed by atoms with Crippen molar-refractivity contribution in [1.82, 2.24) is 0 Å². The summed E-state index contributed by atoms with van der Waals surface area (Å²) < 4.78 is 11.1. The third-order valence-electron chi connectivity index (χ3n) is 3.23. The zero-order valence-electron chi connectivity index (χ0n) is 10.0. The Labute approximate surface area is 96.7 Å². The van der Waals surface area contributed by atoms with Crippen LogP contribution >= 0.6 is 0 Å². The van der Waals surface area contributed by atoms with Crippen LogP contribution in [-0.4, -0.2) is 18.8 Å². The number of hydrogen-bond donors (Lipinski definition) is 1. The standard InChI is InChI=1S/C12H17BO3/c1-7-4-5-10-6-11(16-13-14)8(2)9(3)12(10)15-7/h6-7,13-14H,4-5H2,1-3H3. The molecule has 2 rings (SSSR count). The third kappa shape index (κ3) is 1.89. The van der Waals surface area contributed by atoms with E-state index in [0.29, 0.717) is 0 Å². The van der Waals surface area contributed by atoms with Crippen molar-refractivity contribution in [3.8, 4) is 11.5 Å². The van der Waals surface area contributed by atoms with Gasteiger partial charge in [-0.25, -0.2) is 0 Å². The van der Waals surface area contributed by atoms with Gasteiger partial charge in [0.25, 0.3) is 0 Å². The SMILES string of the molecule is Cc1c(OBO)cc2c(c1C)OC(C)CC2. The van der Waals surface area contributed by atoms with E-state index in [0.717, 1.165) is 35.5 Å². The van der Waals surface area contributed by atoms with Crippen LogP contribution < -0.4 is 9.39 Å². The number of rotatable bonds is 2. The Morgan fingerprint density at radius 3 is 2.88 bits per heavy atom. The average molecular weight is 220 g/mol. The van der Waals surface area contributed by atoms with Gasteiger partial charge in [-0.15, -0.1) is 0 Å². The highest BCUT2D eigenvalue weighted by molar-refractivity contribution is 6.17. The first-order valence-electron chi connectivity index (χ1n) is 5.67. The van der Waals surface area contributed by atoms with E-state index >= 15 is 0 Å². The maximum Gasteiger partial charge on any atom is 0.504 e. The van der Waals surface area contributed by atoms with Crippen LogP contribution in [0.15, 0.2) is 6.07 Å². The van der Waals surface area contributed by atoms with Gasteiger partial charge in [0.2, 0.25) is 0 Å². The Hall–Kier alpha value is -1.16. The second-order valence-electron chi connectivity index (χ2n) is 4.35. The number of fused-ring (bicyclic) bond motifs is 1. The fourth-order valence-electron chi connectivity index (χ4n) is 2.12. The molecule has 86 valence electrons. The minimum Gasteiger partial charge on any atom is -0.539 e. The lowest BCUT2D eigenvalue weighted by atomic mass is 9.96. The Kier molecular flexibility index (Phi) is 3.10. The van der Waals surface area contributed by atoms with Crippen molar-refractivity contribution >= 4 is 7.69 Å². The Balaban J connectivity index is 2.45. The predicted molar refractivity (Wildman–Crippen MR) is 64.3 cm³/mol. The van der Waals surface area contributed by atoms with Gasteiger partial charge in [-0.2, -0.15) is 0 Å². The highest BCUT2D eigenvalue weighted by atomic mass is 16.5. The molecule has 0 spiro atoms. The molecule has 0 saturated heterocycles. The van der Waals surface area contributed by atoms with Crippen LogP contribution in [0.2, 0.25) is 0 Å². The molecular formula is C12H17BO3. The molecule has 1 aliphatic rings. The normalized spacial score (nSPS) is 18.6. The van der Waals surface area contributed by atoms with E-state index in [4.69, 9.17) is 14.4 Å². The monoisotopic (exact) mass is 220 g/mol. The molecule has 1 unspecified atom stereocenters. The predicted octanol–water partition coefficient (Wildman–Crippen LogP) is 1.65. The van der Waals surface area contributed by atoms with Gasteiger partial charge in [0.15, 0.2) is 0 Å². The van der Waals surface area contributed by atoms with E-state index in [-0.39, 0.29) is 13.8 Å². The van der Waals surface area contributed by atoms with Crippen LogP contribution in [0.3, 0.4) is 0 Å². The second-order valence-corrected chi connectivity index (χ2v) is 4.35. The molecule has 0 saturated carbocycles. The summed E-state index contributed by atoms with van der Waals surface area (Å²) in [6, 6.07) is 1.99. The first kappa shape index (κ1) is 11.3. The van der Waals surface area contributed by atoms with Crippen LogP contribution in [-0.2, 0) is 6.42 Å². The van der Waals surface area contributed by atoms with Gasteiger partial charge in [0.1, 0.15) is 11.5 Å². The summed E-state index contributed by atoms with van der Waals surface area (Å²) in [7, 11) is -0.281. The van der Waals surface area contributed by atoms with E-state index in [1.807, 2.05) is 19.9 Å². The molecule has 0 aromatic heterocycles. The zero-order valence-corrected chi connectivity index (χ0v) is 10.0. The minimum absolute atomic E-state index is 0.281. The van der Waals surface area contributed by atoms with E-state index in [1.165, 1.54) is 5.56 Å². The molecule has 1 aliphatic heterocycles. The molecule has 3 nitrogen and oxygen atoms in total. The Morgan fingerprint density at radius 2 is 2.19 bits per heavy atom. The zero-order chi connectivity index (χ0) is 11.7. The first-order valence-corrected chi connectivity index (χ1v) is 5.67. The molecular weight excluding hydrogens is 203 g/mol. The largest absolute Gasteiger partial charge is 0.539 e. The fourth-order valence-corrected chi connectivity index (χ4v) is 2.12. The number of hydrogen-bond acceptors (Lipinski definition) is 3. The summed E-state index contributed by atoms with van der Waals surface area (Å²) in [6.07, 6.45) is 2.34. The molecule has 1 heterocycles. The van der Waals surface area contributed by atoms with Crippen molar-refractivity contribution in [3.05, 3.63) is 22.8 Å². The summed E-state index contributed by atoms with van der Waals surface area (Å²) in [5.74, 6) is 1.76. The summed E-state index contributed by atoms with van der Waals surface area (Å²) >= 11 is 0. The van der Waals surface area contributed by atoms with E-state index < -0.39 is 0 Å². The Bertz CT molecular complexity index is 404. The molecule has 0 bridgehead atoms. The van der Waals surface area contributed by atoms with Crippen LogP contribution in [0.25, 0.3) is 0 Å². The number of benzene rings is 1. The summed E-state index contributed by atoms with van der Waals surface area (Å²) in [4.78, 5) is 0. The molecule has 16 heavy (non-hydrogen) atoms. The molecule has 1 aromatic carbocycles. The lowest BCUT2D eigenvalue weighted by Gasteiger charge is -2.26. The molecule has 0 radical (unpaired) electrons. The smallest absolute Gasteiger partial charge is 0.504 e. The van der Waals surface area contributed by atoms with Crippen LogP contribution in [0.5, 0.6) is 11.5 Å². The van der Waals surface area contributed by atoms with Crippen LogP contribution in [0.4, 0.5) is 0 Å². The van der Waals surface area contributed by atoms with Gasteiger partial charge in [0.05, 0.1) is 6.10 Å². The lowest BCUT2D eigenvalue weighted by molar-refractivity contribution is 0.190. The molecule has 0 aliphatic carbocycles. The fraction of sp³-hybridized carbons (Fsp3) is 0.500. The van der Waals surface area contributed by atoms with E-state index in [9.17, 15) is 0 Å². The highest BCUT2D eigenvalue weighted by Crippen LogP contribution is 2.37. The first-order chi connectivity index (χ1) is 7.63. The Morgan fingerprint density at radius 1 is 1.44 bits per heavy atom. The third-order valence-corrected chi connectivity index (χ3v) is 3.23. The van der Waals surface area contributed by atoms with Crippen molar-refractivity contribution in [1.29, 1.82) is 0 Å². The number of ether oxygens (including phenoxy) is 1. The number of aryl methyl sites for hydroxylation is 1. The maximum absolute atomic E-state index is 8.83. The van der Waals surface area contributed by atoms with Crippen molar-refractivity contribution in [2.24, 2.45) is 0 Å². The molecule has 1 atom stereocenters. The van der Waals surface area contributed by atoms with Gasteiger partial charge in [-0.05, 0) is 56.4 Å². The average Bonchev–Trinajstić information content (AvgIpc) is 2.27. The molecule has 1 aromatic rings. The quantitative estimate of drug-likeness (QED) is 0.770. The van der Waals surface area contributed by atoms with Crippen molar-refractivity contribution < 1.29 is 14.4 Å². The van der Waals surface area contributed by atoms with Crippen molar-refractivity contribution in [2.45, 2.75) is 39.7 Å². The lowest BCUT2D eigenvalue weighted by Crippen LogP contribution is -2.20. The highest BCUT2D eigenvalue weighted by Gasteiger charge is 2.21. The van der Waals surface area contributed by atoms with Crippen molar-refractivity contribution in [3.63, 3.8) is 0 Å². The molecule has 4 heteroatoms. The maximum atomic E-state index is 8.83. The van der Waals surface area contributed by atoms with Crippen LogP contribution in [0.1, 0.15) is 30.0 Å². The van der Waals surface area contributed by atoms with Gasteiger partial charge in [-0.3, -0.25) is 0 Å². The summed E-state index contributed by atoms with van der Waals surface area (Å²) in [6.45, 7) is 6.12. The van der Waals surface area contributed by atoms with E-state index in [2.05, 4.69) is 6.92 Å². The van der Waals surface area contributed by atoms with Crippen molar-refractivity contribution in [2.75, 3.05) is 0 Å². The topological polar surface area (TPSA) is 38.7 Å². The second kappa shape index (κ2) is 4.38. The van der Waals surface area contributed by atoms with E-state index in [1.54, 1.807) is 0 Å². The van der Waals surface area contributed by atoms with Gasteiger partial charge >= 0.3 is 7.69 Å². The van der Waals surface area contributed by atoms with Gasteiger partial charge in [-0.1, -0.05) is 0 Å². The van der Waals surface area contributed by atoms with Gasteiger partial charge in [0, 0.05) is 0 Å². The van der Waals surface area contributed by atoms with Crippen LogP contribution in [0, 0.1) is 13.8 Å². The molecule has 0 fully saturated rings. The minimum atomic E-state index is -0.281. The molecule has 1 N–H and O–H groups in total. The summed E-state index contributed by atoms with van der Waals surface area (Å²) in [5.41, 5.74) is 3.35. The van der Waals surface area contributed by atoms with Gasteiger partial charge < -0.3 is 14.4 Å². The summed E-state index contributed by atoms with van der Waals surface area (Å²) in [5, 5.41) is 8.83. The molecule has 0 amide bonds.